The molecule has 1 rings (SSSR count). The van der Waals surface area contributed by atoms with Crippen LogP contribution in [0, 0.1) is 24.0 Å². The van der Waals surface area contributed by atoms with Gasteiger partial charge in [-0.3, -0.25) is 19.9 Å². The van der Waals surface area contributed by atoms with Gasteiger partial charge in [0, 0.05) is 23.7 Å². The molecule has 1 unspecified atom stereocenters. The molecule has 0 radical (unpaired) electrons. The maximum Gasteiger partial charge on any atom is 0.323 e. The van der Waals surface area contributed by atoms with Gasteiger partial charge in [0.15, 0.2) is 0 Å². The van der Waals surface area contributed by atoms with Crippen LogP contribution in [0.1, 0.15) is 37.6 Å². The number of aromatic nitrogens is 1. The summed E-state index contributed by atoms with van der Waals surface area (Å²) in [5, 5.41) is 11.1. The summed E-state index contributed by atoms with van der Waals surface area (Å²) in [6, 6.07) is -0.905. The monoisotopic (exact) mass is 295 g/mol. The zero-order valence-corrected chi connectivity index (χ0v) is 13.0. The van der Waals surface area contributed by atoms with Gasteiger partial charge < -0.3 is 10.5 Å². The zero-order chi connectivity index (χ0) is 16.4. The number of nitrogens with two attached hydrogens (primary N) is 1. The highest BCUT2D eigenvalue weighted by molar-refractivity contribution is 5.76. The lowest BCUT2D eigenvalue weighted by Gasteiger charge is -2.22. The molecule has 0 aliphatic carbocycles. The number of nitro groups is 1. The van der Waals surface area contributed by atoms with E-state index in [9.17, 15) is 14.9 Å². The number of hydrogen-bond donors (Lipinski definition) is 1. The fourth-order valence-corrected chi connectivity index (χ4v) is 1.92. The number of carbonyl (C=O) groups excluding carboxylic acids is 1. The molecule has 1 heterocycles. The van der Waals surface area contributed by atoms with E-state index in [0.29, 0.717) is 16.8 Å². The van der Waals surface area contributed by atoms with Crippen molar-refractivity contribution in [1.29, 1.82) is 0 Å². The molecule has 1 aromatic heterocycles. The minimum atomic E-state index is -0.905. The Labute approximate surface area is 123 Å². The van der Waals surface area contributed by atoms with Crippen LogP contribution in [0.2, 0.25) is 0 Å². The van der Waals surface area contributed by atoms with E-state index in [1.807, 2.05) is 0 Å². The highest BCUT2D eigenvalue weighted by atomic mass is 16.6. The van der Waals surface area contributed by atoms with E-state index in [-0.39, 0.29) is 12.1 Å². The van der Waals surface area contributed by atoms with Crippen LogP contribution in [0.4, 0.5) is 5.69 Å². The van der Waals surface area contributed by atoms with Crippen molar-refractivity contribution in [3.63, 3.8) is 0 Å². The van der Waals surface area contributed by atoms with Gasteiger partial charge in [-0.15, -0.1) is 0 Å². The third kappa shape index (κ3) is 4.49. The number of ether oxygens (including phenoxy) is 1. The highest BCUT2D eigenvalue weighted by Gasteiger charge is 2.25. The standard InChI is InChI=1S/C14H21N3O4/c1-8-7-16-11(9(2)12(8)17(19)20)6-10(15)13(18)21-14(3,4)5/h7,10H,6,15H2,1-5H3. The molecule has 21 heavy (non-hydrogen) atoms. The molecule has 2 N–H and O–H groups in total. The van der Waals surface area contributed by atoms with E-state index in [1.54, 1.807) is 34.6 Å². The summed E-state index contributed by atoms with van der Waals surface area (Å²) in [6.07, 6.45) is 1.52. The zero-order valence-electron chi connectivity index (χ0n) is 13.0. The summed E-state index contributed by atoms with van der Waals surface area (Å²) in [5.74, 6) is -0.549. The minimum Gasteiger partial charge on any atom is -0.459 e. The first kappa shape index (κ1) is 17.0. The van der Waals surface area contributed by atoms with Gasteiger partial charge in [-0.25, -0.2) is 0 Å². The first-order valence-electron chi connectivity index (χ1n) is 6.61. The van der Waals surface area contributed by atoms with Crippen molar-refractivity contribution in [2.75, 3.05) is 0 Å². The first-order chi connectivity index (χ1) is 9.53. The van der Waals surface area contributed by atoms with E-state index in [2.05, 4.69) is 4.98 Å². The van der Waals surface area contributed by atoms with E-state index in [0.717, 1.165) is 0 Å². The number of carbonyl (C=O) groups is 1. The van der Waals surface area contributed by atoms with Crippen molar-refractivity contribution >= 4 is 11.7 Å². The Morgan fingerprint density at radius 2 is 2.05 bits per heavy atom. The van der Waals surface area contributed by atoms with Crippen LogP contribution in [0.5, 0.6) is 0 Å². The maximum atomic E-state index is 11.9. The predicted molar refractivity (Wildman–Crippen MR) is 77.9 cm³/mol. The molecule has 0 aromatic carbocycles. The Hall–Kier alpha value is -2.02. The summed E-state index contributed by atoms with van der Waals surface area (Å²) in [7, 11) is 0. The van der Waals surface area contributed by atoms with E-state index in [1.165, 1.54) is 6.20 Å². The van der Waals surface area contributed by atoms with Crippen molar-refractivity contribution in [1.82, 2.24) is 4.98 Å². The van der Waals surface area contributed by atoms with Crippen molar-refractivity contribution < 1.29 is 14.5 Å². The lowest BCUT2D eigenvalue weighted by Crippen LogP contribution is -2.39. The first-order valence-corrected chi connectivity index (χ1v) is 6.61. The van der Waals surface area contributed by atoms with Crippen LogP contribution < -0.4 is 5.73 Å². The Morgan fingerprint density at radius 3 is 2.52 bits per heavy atom. The van der Waals surface area contributed by atoms with E-state index < -0.39 is 22.5 Å². The molecule has 1 aromatic rings. The minimum absolute atomic E-state index is 0.0105. The maximum absolute atomic E-state index is 11.9. The topological polar surface area (TPSA) is 108 Å². The average molecular weight is 295 g/mol. The highest BCUT2D eigenvalue weighted by Crippen LogP contribution is 2.24. The molecule has 0 spiro atoms. The van der Waals surface area contributed by atoms with Gasteiger partial charge in [0.05, 0.1) is 10.6 Å². The molecule has 1 atom stereocenters. The smallest absolute Gasteiger partial charge is 0.323 e. The molecular formula is C14H21N3O4. The number of hydrogen-bond acceptors (Lipinski definition) is 6. The van der Waals surface area contributed by atoms with Gasteiger partial charge in [-0.05, 0) is 34.6 Å². The van der Waals surface area contributed by atoms with Crippen LogP contribution in [-0.4, -0.2) is 27.5 Å². The Kier molecular flexibility index (Phi) is 5.01. The number of aryl methyl sites for hydroxylation is 1. The number of esters is 1. The van der Waals surface area contributed by atoms with Crippen LogP contribution in [0.3, 0.4) is 0 Å². The van der Waals surface area contributed by atoms with Gasteiger partial charge >= 0.3 is 5.97 Å². The molecule has 0 amide bonds. The lowest BCUT2D eigenvalue weighted by atomic mass is 10.0. The van der Waals surface area contributed by atoms with Crippen molar-refractivity contribution in [2.24, 2.45) is 5.73 Å². The molecule has 0 aliphatic heterocycles. The molecule has 0 saturated heterocycles. The molecule has 116 valence electrons. The fraction of sp³-hybridized carbons (Fsp3) is 0.571. The number of rotatable bonds is 4. The van der Waals surface area contributed by atoms with E-state index >= 15 is 0 Å². The summed E-state index contributed by atoms with van der Waals surface area (Å²) in [5.41, 5.74) is 6.53. The molecule has 0 fully saturated rings. The molecule has 0 saturated carbocycles. The van der Waals surface area contributed by atoms with Gasteiger partial charge in [0.1, 0.15) is 11.6 Å². The van der Waals surface area contributed by atoms with Crippen molar-refractivity contribution in [3.05, 3.63) is 33.1 Å². The fourth-order valence-electron chi connectivity index (χ4n) is 1.92. The number of pyridine rings is 1. The van der Waals surface area contributed by atoms with Crippen LogP contribution in [-0.2, 0) is 16.0 Å². The SMILES string of the molecule is Cc1cnc(CC(N)C(=O)OC(C)(C)C)c(C)c1[N+](=O)[O-]. The molecule has 0 aliphatic rings. The van der Waals surface area contributed by atoms with Gasteiger partial charge in [0.25, 0.3) is 5.69 Å². The van der Waals surface area contributed by atoms with Gasteiger partial charge in [-0.2, -0.15) is 0 Å². The van der Waals surface area contributed by atoms with Crippen molar-refractivity contribution in [2.45, 2.75) is 52.7 Å². The Morgan fingerprint density at radius 1 is 1.48 bits per heavy atom. The second-order valence-corrected chi connectivity index (χ2v) is 5.96. The summed E-state index contributed by atoms with van der Waals surface area (Å²) in [4.78, 5) is 26.6. The van der Waals surface area contributed by atoms with Crippen LogP contribution >= 0.6 is 0 Å². The summed E-state index contributed by atoms with van der Waals surface area (Å²) >= 11 is 0. The van der Waals surface area contributed by atoms with Crippen LogP contribution in [0.25, 0.3) is 0 Å². The predicted octanol–water partition coefficient (Wildman–Crippen LogP) is 1.82. The Balaban J connectivity index is 2.96. The second-order valence-electron chi connectivity index (χ2n) is 5.96. The molecule has 7 heteroatoms. The van der Waals surface area contributed by atoms with Gasteiger partial charge in [0.2, 0.25) is 0 Å². The molecular weight excluding hydrogens is 274 g/mol. The van der Waals surface area contributed by atoms with Crippen molar-refractivity contribution in [3.8, 4) is 0 Å². The largest absolute Gasteiger partial charge is 0.459 e. The normalized spacial score (nSPS) is 12.9. The second kappa shape index (κ2) is 6.17. The van der Waals surface area contributed by atoms with Crippen LogP contribution in [0.15, 0.2) is 6.20 Å². The lowest BCUT2D eigenvalue weighted by molar-refractivity contribution is -0.386. The summed E-state index contributed by atoms with van der Waals surface area (Å²) in [6.45, 7) is 8.47. The molecule has 0 bridgehead atoms. The van der Waals surface area contributed by atoms with E-state index in [4.69, 9.17) is 10.5 Å². The molecule has 7 nitrogen and oxygen atoms in total. The average Bonchev–Trinajstić information content (AvgIpc) is 2.30. The quantitative estimate of drug-likeness (QED) is 0.515. The summed E-state index contributed by atoms with van der Waals surface area (Å²) < 4.78 is 5.19. The Bertz CT molecular complexity index is 564. The third-order valence-electron chi connectivity index (χ3n) is 2.88. The number of nitrogens with zero attached hydrogens (tertiary/aromatic N) is 2. The van der Waals surface area contributed by atoms with Gasteiger partial charge in [-0.1, -0.05) is 0 Å². The third-order valence-corrected chi connectivity index (χ3v) is 2.88.